The lowest BCUT2D eigenvalue weighted by atomic mass is 9.48. The van der Waals surface area contributed by atoms with Crippen molar-refractivity contribution >= 4 is 22.6 Å². The molecule has 130 valence electrons. The summed E-state index contributed by atoms with van der Waals surface area (Å²) in [6.07, 6.45) is 8.64. The van der Waals surface area contributed by atoms with Gasteiger partial charge in [0.1, 0.15) is 12.4 Å². The molecule has 2 aromatic rings. The molecule has 1 nitrogen and oxygen atoms in total. The highest BCUT2D eigenvalue weighted by molar-refractivity contribution is 14.1. The van der Waals surface area contributed by atoms with Crippen molar-refractivity contribution in [2.75, 3.05) is 0 Å². The summed E-state index contributed by atoms with van der Waals surface area (Å²) in [6, 6.07) is 17.4. The molecule has 0 heterocycles. The van der Waals surface area contributed by atoms with Crippen LogP contribution in [-0.2, 0) is 12.0 Å². The van der Waals surface area contributed by atoms with Crippen LogP contribution < -0.4 is 4.74 Å². The lowest BCUT2D eigenvalue weighted by Crippen LogP contribution is -2.48. The molecule has 0 atom stereocenters. The molecule has 2 aromatic carbocycles. The zero-order chi connectivity index (χ0) is 16.9. The van der Waals surface area contributed by atoms with E-state index in [9.17, 15) is 0 Å². The summed E-state index contributed by atoms with van der Waals surface area (Å²) in [5.41, 5.74) is 3.15. The lowest BCUT2D eigenvalue weighted by molar-refractivity contribution is -0.00650. The first kappa shape index (κ1) is 16.2. The summed E-state index contributed by atoms with van der Waals surface area (Å²) < 4.78 is 7.71. The van der Waals surface area contributed by atoms with Crippen LogP contribution in [0, 0.1) is 21.3 Å². The van der Waals surface area contributed by atoms with E-state index in [1.807, 2.05) is 0 Å². The maximum atomic E-state index is 6.36. The zero-order valence-electron chi connectivity index (χ0n) is 14.6. The third-order valence-electron chi connectivity index (χ3n) is 6.79. The number of benzene rings is 2. The molecule has 0 amide bonds. The van der Waals surface area contributed by atoms with Crippen LogP contribution in [0.1, 0.15) is 49.7 Å². The maximum Gasteiger partial charge on any atom is 0.123 e. The van der Waals surface area contributed by atoms with E-state index < -0.39 is 0 Å². The Labute approximate surface area is 164 Å². The van der Waals surface area contributed by atoms with Crippen LogP contribution in [-0.4, -0.2) is 0 Å². The average molecular weight is 444 g/mol. The number of halogens is 1. The molecule has 4 fully saturated rings. The van der Waals surface area contributed by atoms with Gasteiger partial charge in [-0.1, -0.05) is 30.3 Å². The Morgan fingerprint density at radius 3 is 2.16 bits per heavy atom. The van der Waals surface area contributed by atoms with Crippen molar-refractivity contribution in [3.05, 3.63) is 63.2 Å². The molecule has 4 bridgehead atoms. The standard InChI is InChI=1S/C23H25IO/c24-20-6-7-22(25-15-16-4-2-1-3-5-16)21(11-20)23-12-17-8-18(13-23)10-19(9-17)14-23/h1-7,11,17-19H,8-10,12-15H2. The van der Waals surface area contributed by atoms with Crippen LogP contribution >= 0.6 is 22.6 Å². The van der Waals surface area contributed by atoms with E-state index >= 15 is 0 Å². The van der Waals surface area contributed by atoms with E-state index in [0.29, 0.717) is 12.0 Å². The Kier molecular flexibility index (Phi) is 4.07. The molecule has 0 N–H and O–H groups in total. The third kappa shape index (κ3) is 3.01. The summed E-state index contributed by atoms with van der Waals surface area (Å²) in [4.78, 5) is 0. The van der Waals surface area contributed by atoms with E-state index in [-0.39, 0.29) is 0 Å². The molecule has 25 heavy (non-hydrogen) atoms. The minimum absolute atomic E-state index is 0.391. The van der Waals surface area contributed by atoms with E-state index in [1.54, 1.807) is 0 Å². The van der Waals surface area contributed by atoms with Crippen LogP contribution in [0.15, 0.2) is 48.5 Å². The predicted octanol–water partition coefficient (Wildman–Crippen LogP) is 6.34. The van der Waals surface area contributed by atoms with Gasteiger partial charge < -0.3 is 4.74 Å². The van der Waals surface area contributed by atoms with Crippen molar-refractivity contribution in [3.8, 4) is 5.75 Å². The van der Waals surface area contributed by atoms with E-state index in [0.717, 1.165) is 23.5 Å². The molecule has 0 spiro atoms. The average Bonchev–Trinajstić information content (AvgIpc) is 2.60. The monoisotopic (exact) mass is 444 g/mol. The molecule has 0 saturated heterocycles. The van der Waals surface area contributed by atoms with Gasteiger partial charge in [0.05, 0.1) is 0 Å². The second-order valence-electron chi connectivity index (χ2n) is 8.61. The van der Waals surface area contributed by atoms with Crippen molar-refractivity contribution < 1.29 is 4.74 Å². The highest BCUT2D eigenvalue weighted by Gasteiger charge is 2.52. The Hall–Kier alpha value is -1.03. The minimum atomic E-state index is 0.391. The number of hydrogen-bond donors (Lipinski definition) is 0. The van der Waals surface area contributed by atoms with Gasteiger partial charge in [0, 0.05) is 9.13 Å². The van der Waals surface area contributed by atoms with Crippen molar-refractivity contribution in [2.24, 2.45) is 17.8 Å². The Morgan fingerprint density at radius 2 is 1.52 bits per heavy atom. The molecule has 0 aromatic heterocycles. The second kappa shape index (κ2) is 6.29. The normalized spacial score (nSPS) is 32.8. The molecular formula is C23H25IO. The van der Waals surface area contributed by atoms with Crippen LogP contribution in [0.2, 0.25) is 0 Å². The minimum Gasteiger partial charge on any atom is -0.489 e. The number of ether oxygens (including phenoxy) is 1. The molecule has 2 heteroatoms. The Balaban J connectivity index is 1.47. The lowest BCUT2D eigenvalue weighted by Gasteiger charge is -2.57. The fraction of sp³-hybridized carbons (Fsp3) is 0.478. The first-order valence-corrected chi connectivity index (χ1v) is 10.7. The van der Waals surface area contributed by atoms with E-state index in [2.05, 4.69) is 71.1 Å². The van der Waals surface area contributed by atoms with Crippen molar-refractivity contribution in [3.63, 3.8) is 0 Å². The SMILES string of the molecule is Ic1ccc(OCc2ccccc2)c(C23CC4CC(CC(C4)C2)C3)c1. The highest BCUT2D eigenvalue weighted by atomic mass is 127. The van der Waals surface area contributed by atoms with E-state index in [4.69, 9.17) is 4.74 Å². The molecule has 0 aliphatic heterocycles. The molecule has 0 unspecified atom stereocenters. The number of rotatable bonds is 4. The fourth-order valence-corrected chi connectivity index (χ4v) is 6.71. The van der Waals surface area contributed by atoms with Gasteiger partial charge in [-0.05, 0) is 108 Å². The van der Waals surface area contributed by atoms with Gasteiger partial charge in [0.2, 0.25) is 0 Å². The first-order valence-electron chi connectivity index (χ1n) is 9.67. The summed E-state index contributed by atoms with van der Waals surface area (Å²) >= 11 is 2.47. The van der Waals surface area contributed by atoms with Gasteiger partial charge in [-0.3, -0.25) is 0 Å². The smallest absolute Gasteiger partial charge is 0.123 e. The van der Waals surface area contributed by atoms with Crippen LogP contribution in [0.25, 0.3) is 0 Å². The molecule has 4 aliphatic rings. The van der Waals surface area contributed by atoms with E-state index in [1.165, 1.54) is 53.2 Å². The van der Waals surface area contributed by atoms with Gasteiger partial charge in [-0.2, -0.15) is 0 Å². The summed E-state index contributed by atoms with van der Waals surface area (Å²) in [6.45, 7) is 0.667. The highest BCUT2D eigenvalue weighted by Crippen LogP contribution is 2.62. The maximum absolute atomic E-state index is 6.36. The fourth-order valence-electron chi connectivity index (χ4n) is 6.22. The quantitative estimate of drug-likeness (QED) is 0.501. The Morgan fingerprint density at radius 1 is 0.880 bits per heavy atom. The van der Waals surface area contributed by atoms with Crippen LogP contribution in [0.4, 0.5) is 0 Å². The molecule has 4 aliphatic carbocycles. The first-order chi connectivity index (χ1) is 12.2. The predicted molar refractivity (Wildman–Crippen MR) is 110 cm³/mol. The van der Waals surface area contributed by atoms with Crippen LogP contribution in [0.3, 0.4) is 0 Å². The summed E-state index contributed by atoms with van der Waals surface area (Å²) in [7, 11) is 0. The zero-order valence-corrected chi connectivity index (χ0v) is 16.7. The Bertz CT molecular complexity index is 732. The largest absolute Gasteiger partial charge is 0.489 e. The summed E-state index contributed by atoms with van der Waals surface area (Å²) in [5, 5.41) is 0. The molecule has 0 radical (unpaired) electrons. The molecule has 6 rings (SSSR count). The van der Waals surface area contributed by atoms with Crippen molar-refractivity contribution in [1.82, 2.24) is 0 Å². The van der Waals surface area contributed by atoms with Gasteiger partial charge in [0.15, 0.2) is 0 Å². The second-order valence-corrected chi connectivity index (χ2v) is 9.86. The van der Waals surface area contributed by atoms with Gasteiger partial charge in [-0.15, -0.1) is 0 Å². The number of hydrogen-bond acceptors (Lipinski definition) is 1. The molecular weight excluding hydrogens is 419 g/mol. The van der Waals surface area contributed by atoms with Gasteiger partial charge in [-0.25, -0.2) is 0 Å². The van der Waals surface area contributed by atoms with Crippen molar-refractivity contribution in [1.29, 1.82) is 0 Å². The van der Waals surface area contributed by atoms with Crippen molar-refractivity contribution in [2.45, 2.75) is 50.5 Å². The van der Waals surface area contributed by atoms with Crippen LogP contribution in [0.5, 0.6) is 5.75 Å². The van der Waals surface area contributed by atoms with Gasteiger partial charge in [0.25, 0.3) is 0 Å². The summed E-state index contributed by atoms with van der Waals surface area (Å²) in [5.74, 6) is 4.02. The molecule has 4 saturated carbocycles. The third-order valence-corrected chi connectivity index (χ3v) is 7.46. The topological polar surface area (TPSA) is 9.23 Å². The van der Waals surface area contributed by atoms with Gasteiger partial charge >= 0.3 is 0 Å².